The van der Waals surface area contributed by atoms with Gasteiger partial charge in [0, 0.05) is 72.2 Å². The molecule has 12 rings (SSSR count). The van der Waals surface area contributed by atoms with Crippen molar-refractivity contribution in [2.45, 2.75) is 0 Å². The molecule has 0 radical (unpaired) electrons. The van der Waals surface area contributed by atoms with Crippen LogP contribution in [0.3, 0.4) is 0 Å². The Morgan fingerprint density at radius 2 is 1.02 bits per heavy atom. The maximum atomic E-state index is 5.60. The minimum atomic E-state index is 0.699. The Morgan fingerprint density at radius 3 is 1.84 bits per heavy atom. The van der Waals surface area contributed by atoms with Crippen LogP contribution in [-0.2, 0) is 0 Å². The Balaban J connectivity index is 1.28. The molecule has 0 aliphatic heterocycles. The van der Waals surface area contributed by atoms with Crippen LogP contribution in [0, 0.1) is 0 Å². The van der Waals surface area contributed by atoms with E-state index >= 15 is 0 Å². The van der Waals surface area contributed by atoms with Gasteiger partial charge in [-0.1, -0.05) is 103 Å². The number of hydrogen-bond acceptors (Lipinski definition) is 5. The normalized spacial score (nSPS) is 12.4. The third-order valence-electron chi connectivity index (χ3n) is 10.2. The molecule has 0 aliphatic rings. The van der Waals surface area contributed by atoms with E-state index in [0.29, 0.717) is 5.95 Å². The standard InChI is InChI=1S/C44H23N3S3/c1-2-13-27-26(12-1)37-28-14-3-7-17-32(28)47(41(37)38-29-15-5-9-19-34(29)49-42(27)38)44-45-39(43-40(46-44)30-16-6-10-20-35(30)50-43)24-21-22-36-31(23-24)25-11-4-8-18-33(25)48-36/h1-23H. The number of hydrogen-bond donors (Lipinski definition) is 0. The largest absolute Gasteiger partial charge is 0.277 e. The zero-order valence-electron chi connectivity index (χ0n) is 26.3. The summed E-state index contributed by atoms with van der Waals surface area (Å²) in [5, 5.41) is 11.3. The number of thiophene rings is 3. The van der Waals surface area contributed by atoms with Crippen molar-refractivity contribution in [1.82, 2.24) is 14.5 Å². The molecule has 5 heterocycles. The number of fused-ring (bicyclic) bond motifs is 16. The third kappa shape index (κ3) is 3.57. The molecule has 50 heavy (non-hydrogen) atoms. The lowest BCUT2D eigenvalue weighted by Crippen LogP contribution is -2.03. The van der Waals surface area contributed by atoms with E-state index in [1.165, 1.54) is 72.1 Å². The zero-order chi connectivity index (χ0) is 32.5. The minimum absolute atomic E-state index is 0.699. The van der Waals surface area contributed by atoms with E-state index in [-0.39, 0.29) is 0 Å². The maximum absolute atomic E-state index is 5.60. The highest BCUT2D eigenvalue weighted by Crippen LogP contribution is 2.48. The van der Waals surface area contributed by atoms with Crippen molar-refractivity contribution in [2.24, 2.45) is 0 Å². The second-order valence-corrected chi connectivity index (χ2v) is 16.1. The van der Waals surface area contributed by atoms with Crippen LogP contribution in [0.1, 0.15) is 0 Å². The van der Waals surface area contributed by atoms with Gasteiger partial charge in [-0.3, -0.25) is 4.57 Å². The van der Waals surface area contributed by atoms with Crippen molar-refractivity contribution in [1.29, 1.82) is 0 Å². The number of rotatable bonds is 2. The molecule has 0 amide bonds. The number of aromatic nitrogens is 3. The van der Waals surface area contributed by atoms with Gasteiger partial charge in [0.05, 0.1) is 26.9 Å². The Labute approximate surface area is 296 Å². The van der Waals surface area contributed by atoms with E-state index in [1.807, 2.05) is 22.7 Å². The summed E-state index contributed by atoms with van der Waals surface area (Å²) in [6, 6.07) is 50.7. The van der Waals surface area contributed by atoms with E-state index < -0.39 is 0 Å². The van der Waals surface area contributed by atoms with Crippen LogP contribution in [0.5, 0.6) is 0 Å². The van der Waals surface area contributed by atoms with E-state index in [0.717, 1.165) is 32.4 Å². The van der Waals surface area contributed by atoms with E-state index in [1.54, 1.807) is 11.3 Å². The molecule has 0 bridgehead atoms. The lowest BCUT2D eigenvalue weighted by Gasteiger charge is -2.12. The summed E-state index contributed by atoms with van der Waals surface area (Å²) in [7, 11) is 0. The van der Waals surface area contributed by atoms with E-state index in [4.69, 9.17) is 9.97 Å². The van der Waals surface area contributed by atoms with Crippen LogP contribution in [0.25, 0.3) is 110 Å². The molecule has 0 aliphatic carbocycles. The quantitative estimate of drug-likeness (QED) is 0.181. The molecule has 0 atom stereocenters. The van der Waals surface area contributed by atoms with Gasteiger partial charge in [0.25, 0.3) is 0 Å². The summed E-state index contributed by atoms with van der Waals surface area (Å²) >= 11 is 5.51. The molecular formula is C44H23N3S3. The van der Waals surface area contributed by atoms with Crippen molar-refractivity contribution in [3.05, 3.63) is 140 Å². The van der Waals surface area contributed by atoms with Gasteiger partial charge in [0.15, 0.2) is 0 Å². The van der Waals surface area contributed by atoms with Crippen LogP contribution in [0.2, 0.25) is 0 Å². The van der Waals surface area contributed by atoms with Crippen LogP contribution in [0.15, 0.2) is 140 Å². The van der Waals surface area contributed by atoms with Gasteiger partial charge in [-0.25, -0.2) is 9.97 Å². The molecule has 0 saturated heterocycles. The fraction of sp³-hybridized carbons (Fsp3) is 0. The first-order chi connectivity index (χ1) is 24.8. The lowest BCUT2D eigenvalue weighted by molar-refractivity contribution is 1.02. The Hall–Kier alpha value is -5.66. The molecule has 0 unspecified atom stereocenters. The van der Waals surface area contributed by atoms with Gasteiger partial charge in [-0.05, 0) is 41.8 Å². The lowest BCUT2D eigenvalue weighted by atomic mass is 10.00. The van der Waals surface area contributed by atoms with Gasteiger partial charge in [0.2, 0.25) is 5.95 Å². The summed E-state index contributed by atoms with van der Waals surface area (Å²) in [5.74, 6) is 0.699. The van der Waals surface area contributed by atoms with Crippen LogP contribution in [-0.4, -0.2) is 14.5 Å². The fourth-order valence-corrected chi connectivity index (χ4v) is 11.6. The fourth-order valence-electron chi connectivity index (χ4n) is 8.07. The molecule has 0 fully saturated rings. The molecular weight excluding hydrogens is 667 g/mol. The molecule has 0 saturated carbocycles. The molecule has 232 valence electrons. The van der Waals surface area contributed by atoms with Gasteiger partial charge in [0.1, 0.15) is 0 Å². The van der Waals surface area contributed by atoms with Crippen LogP contribution in [0.4, 0.5) is 0 Å². The highest BCUT2D eigenvalue weighted by Gasteiger charge is 2.25. The molecule has 3 nitrogen and oxygen atoms in total. The third-order valence-corrected chi connectivity index (χ3v) is 13.7. The van der Waals surface area contributed by atoms with Crippen molar-refractivity contribution in [3.8, 4) is 17.2 Å². The second kappa shape index (κ2) is 9.96. The zero-order valence-corrected chi connectivity index (χ0v) is 28.8. The topological polar surface area (TPSA) is 30.7 Å². The molecule has 6 heteroatoms. The SMILES string of the molecule is c1ccc2c(c1)sc1ccc(-c3nc(-n4c5ccccc5c5c6ccccc6c6sc7ccccc7c6c54)nc4c3sc3ccccc34)cc12. The van der Waals surface area contributed by atoms with E-state index in [2.05, 4.69) is 144 Å². The monoisotopic (exact) mass is 689 g/mol. The first-order valence-electron chi connectivity index (χ1n) is 16.7. The summed E-state index contributed by atoms with van der Waals surface area (Å²) < 4.78 is 9.87. The average Bonchev–Trinajstić information content (AvgIpc) is 3.93. The average molecular weight is 690 g/mol. The van der Waals surface area contributed by atoms with E-state index in [9.17, 15) is 0 Å². The molecule has 0 spiro atoms. The highest BCUT2D eigenvalue weighted by atomic mass is 32.1. The number of para-hydroxylation sites is 1. The van der Waals surface area contributed by atoms with Crippen molar-refractivity contribution in [3.63, 3.8) is 0 Å². The molecule has 0 N–H and O–H groups in total. The highest BCUT2D eigenvalue weighted by molar-refractivity contribution is 7.27. The first kappa shape index (κ1) is 27.2. The Morgan fingerprint density at radius 1 is 0.420 bits per heavy atom. The minimum Gasteiger partial charge on any atom is -0.277 e. The molecule has 7 aromatic carbocycles. The molecule has 5 aromatic heterocycles. The van der Waals surface area contributed by atoms with Crippen molar-refractivity contribution >= 4 is 127 Å². The first-order valence-corrected chi connectivity index (χ1v) is 19.1. The van der Waals surface area contributed by atoms with Crippen molar-refractivity contribution in [2.75, 3.05) is 0 Å². The Kier molecular flexibility index (Phi) is 5.42. The smallest absolute Gasteiger partial charge is 0.235 e. The summed E-state index contributed by atoms with van der Waals surface area (Å²) in [5.41, 5.74) is 5.36. The predicted molar refractivity (Wildman–Crippen MR) is 218 cm³/mol. The van der Waals surface area contributed by atoms with Gasteiger partial charge in [-0.15, -0.1) is 34.0 Å². The van der Waals surface area contributed by atoms with Gasteiger partial charge < -0.3 is 0 Å². The number of nitrogens with zero attached hydrogens (tertiary/aromatic N) is 3. The predicted octanol–water partition coefficient (Wildman–Crippen LogP) is 13.5. The van der Waals surface area contributed by atoms with Crippen LogP contribution < -0.4 is 0 Å². The summed E-state index contributed by atoms with van der Waals surface area (Å²) in [4.78, 5) is 11.1. The summed E-state index contributed by atoms with van der Waals surface area (Å²) in [6.07, 6.45) is 0. The van der Waals surface area contributed by atoms with Crippen molar-refractivity contribution < 1.29 is 0 Å². The number of benzene rings is 7. The van der Waals surface area contributed by atoms with Gasteiger partial charge in [-0.2, -0.15) is 0 Å². The molecule has 12 aromatic rings. The Bertz CT molecular complexity index is 3400. The van der Waals surface area contributed by atoms with Gasteiger partial charge >= 0.3 is 0 Å². The second-order valence-electron chi connectivity index (χ2n) is 12.9. The maximum Gasteiger partial charge on any atom is 0.235 e. The van der Waals surface area contributed by atoms with Crippen LogP contribution >= 0.6 is 34.0 Å². The summed E-state index contributed by atoms with van der Waals surface area (Å²) in [6.45, 7) is 0.